The molecule has 0 atom stereocenters. The third kappa shape index (κ3) is 5.80. The van der Waals surface area contributed by atoms with E-state index >= 15 is 0 Å². The van der Waals surface area contributed by atoms with Gasteiger partial charge in [0.1, 0.15) is 0 Å². The summed E-state index contributed by atoms with van der Waals surface area (Å²) in [7, 11) is 1.86. The topological polar surface area (TPSA) is 69.6 Å². The molecule has 2 N–H and O–H groups in total. The summed E-state index contributed by atoms with van der Waals surface area (Å²) < 4.78 is 0. The van der Waals surface area contributed by atoms with Crippen LogP contribution < -0.4 is 5.32 Å². The Balaban J connectivity index is 2.17. The van der Waals surface area contributed by atoms with Gasteiger partial charge in [0.25, 0.3) is 0 Å². The Bertz CT molecular complexity index is 312. The fraction of sp³-hybridized carbons (Fsp3) is 0.867. The molecule has 1 aliphatic carbocycles. The van der Waals surface area contributed by atoms with Gasteiger partial charge in [-0.05, 0) is 44.4 Å². The largest absolute Gasteiger partial charge is 0.481 e. The lowest BCUT2D eigenvalue weighted by Crippen LogP contribution is -2.45. The third-order valence-electron chi connectivity index (χ3n) is 4.36. The van der Waals surface area contributed by atoms with Crippen molar-refractivity contribution >= 4 is 12.0 Å². The molecule has 0 aliphatic heterocycles. The van der Waals surface area contributed by atoms with E-state index in [-0.39, 0.29) is 12.5 Å². The van der Waals surface area contributed by atoms with Gasteiger partial charge >= 0.3 is 12.0 Å². The van der Waals surface area contributed by atoms with Crippen molar-refractivity contribution in [3.8, 4) is 0 Å². The van der Waals surface area contributed by atoms with Crippen molar-refractivity contribution < 1.29 is 14.7 Å². The number of hydrogen-bond acceptors (Lipinski definition) is 2. The number of amides is 2. The first kappa shape index (κ1) is 16.8. The van der Waals surface area contributed by atoms with Crippen LogP contribution in [0.4, 0.5) is 4.79 Å². The number of nitrogens with one attached hydrogen (secondary N) is 1. The number of aliphatic carboxylic acids is 1. The van der Waals surface area contributed by atoms with Gasteiger partial charge in [-0.25, -0.2) is 4.79 Å². The number of carbonyl (C=O) groups is 2. The minimum atomic E-state index is -0.777. The highest BCUT2D eigenvalue weighted by atomic mass is 16.4. The molecule has 5 heteroatoms. The Morgan fingerprint density at radius 3 is 2.40 bits per heavy atom. The summed E-state index contributed by atoms with van der Waals surface area (Å²) in [5.74, 6) is 0.0554. The van der Waals surface area contributed by atoms with E-state index in [1.54, 1.807) is 0 Å². The van der Waals surface area contributed by atoms with Crippen molar-refractivity contribution in [2.24, 2.45) is 5.92 Å². The van der Waals surface area contributed by atoms with E-state index < -0.39 is 5.97 Å². The van der Waals surface area contributed by atoms with Crippen LogP contribution >= 0.6 is 0 Å². The molecule has 0 aromatic carbocycles. The second kappa shape index (κ2) is 8.82. The number of carboxylic acids is 1. The van der Waals surface area contributed by atoms with Crippen molar-refractivity contribution in [3.63, 3.8) is 0 Å². The summed E-state index contributed by atoms with van der Waals surface area (Å²) in [6, 6.07) is 0.331. The number of rotatable bonds is 7. The van der Waals surface area contributed by atoms with Crippen LogP contribution in [0.5, 0.6) is 0 Å². The van der Waals surface area contributed by atoms with Crippen LogP contribution in [-0.4, -0.2) is 41.6 Å². The maximum Gasteiger partial charge on any atom is 0.317 e. The molecule has 1 aliphatic rings. The van der Waals surface area contributed by atoms with Crippen LogP contribution in [-0.2, 0) is 4.79 Å². The molecule has 0 heterocycles. The maximum atomic E-state index is 12.0. The van der Waals surface area contributed by atoms with Crippen molar-refractivity contribution in [1.29, 1.82) is 0 Å². The van der Waals surface area contributed by atoms with Gasteiger partial charge in [0.15, 0.2) is 0 Å². The van der Waals surface area contributed by atoms with Gasteiger partial charge in [0.2, 0.25) is 0 Å². The van der Waals surface area contributed by atoms with E-state index in [1.165, 1.54) is 19.3 Å². The van der Waals surface area contributed by atoms with E-state index in [1.807, 2.05) is 11.9 Å². The van der Waals surface area contributed by atoms with Crippen molar-refractivity contribution in [3.05, 3.63) is 0 Å². The predicted octanol–water partition coefficient (Wildman–Crippen LogP) is 2.85. The monoisotopic (exact) mass is 284 g/mol. The first-order valence-electron chi connectivity index (χ1n) is 7.77. The highest BCUT2D eigenvalue weighted by Crippen LogP contribution is 2.28. The van der Waals surface area contributed by atoms with Gasteiger partial charge in [0.05, 0.1) is 0 Å². The molecule has 2 amide bonds. The molecule has 116 valence electrons. The lowest BCUT2D eigenvalue weighted by Gasteiger charge is -2.34. The fourth-order valence-corrected chi connectivity index (χ4v) is 2.83. The van der Waals surface area contributed by atoms with Gasteiger partial charge in [-0.2, -0.15) is 0 Å². The minimum absolute atomic E-state index is 0.0275. The number of carbonyl (C=O) groups excluding carboxylic acids is 1. The molecule has 0 aromatic rings. The second-order valence-corrected chi connectivity index (χ2v) is 5.78. The zero-order chi connectivity index (χ0) is 15.0. The molecule has 1 rings (SSSR count). The normalized spacial score (nSPS) is 22.3. The first-order chi connectivity index (χ1) is 9.54. The lowest BCUT2D eigenvalue weighted by molar-refractivity contribution is -0.137. The fourth-order valence-electron chi connectivity index (χ4n) is 2.83. The average Bonchev–Trinajstić information content (AvgIpc) is 2.45. The quantitative estimate of drug-likeness (QED) is 0.706. The number of carboxylic acid groups (broad SMARTS) is 1. The van der Waals surface area contributed by atoms with Crippen molar-refractivity contribution in [2.75, 3.05) is 13.6 Å². The molecular weight excluding hydrogens is 256 g/mol. The zero-order valence-corrected chi connectivity index (χ0v) is 12.7. The van der Waals surface area contributed by atoms with E-state index in [4.69, 9.17) is 5.11 Å². The van der Waals surface area contributed by atoms with Gasteiger partial charge in [-0.15, -0.1) is 0 Å². The number of unbranched alkanes of at least 4 members (excludes halogenated alkanes) is 1. The SMILES string of the molecule is CCC1CCC(N(C)C(=O)NCCCCC(=O)O)CC1. The smallest absolute Gasteiger partial charge is 0.317 e. The Kier molecular flexibility index (Phi) is 7.41. The summed E-state index contributed by atoms with van der Waals surface area (Å²) in [6.45, 7) is 2.79. The lowest BCUT2D eigenvalue weighted by atomic mass is 9.84. The Morgan fingerprint density at radius 2 is 1.85 bits per heavy atom. The summed E-state index contributed by atoms with van der Waals surface area (Å²) in [5.41, 5.74) is 0. The van der Waals surface area contributed by atoms with Crippen LogP contribution in [0, 0.1) is 5.92 Å². The molecule has 0 unspecified atom stereocenters. The van der Waals surface area contributed by atoms with Gasteiger partial charge in [0, 0.05) is 26.1 Å². The maximum absolute atomic E-state index is 12.0. The molecule has 20 heavy (non-hydrogen) atoms. The Morgan fingerprint density at radius 1 is 1.20 bits per heavy atom. The van der Waals surface area contributed by atoms with Crippen LogP contribution in [0.1, 0.15) is 58.3 Å². The van der Waals surface area contributed by atoms with E-state index in [9.17, 15) is 9.59 Å². The van der Waals surface area contributed by atoms with Gasteiger partial charge < -0.3 is 15.3 Å². The average molecular weight is 284 g/mol. The van der Waals surface area contributed by atoms with Crippen molar-refractivity contribution in [1.82, 2.24) is 10.2 Å². The highest BCUT2D eigenvalue weighted by molar-refractivity contribution is 5.74. The second-order valence-electron chi connectivity index (χ2n) is 5.78. The van der Waals surface area contributed by atoms with Crippen molar-refractivity contribution in [2.45, 2.75) is 64.3 Å². The van der Waals surface area contributed by atoms with Gasteiger partial charge in [-0.1, -0.05) is 13.3 Å². The van der Waals surface area contributed by atoms with E-state index in [2.05, 4.69) is 12.2 Å². The van der Waals surface area contributed by atoms with Crippen LogP contribution in [0.2, 0.25) is 0 Å². The first-order valence-corrected chi connectivity index (χ1v) is 7.77. The molecule has 0 radical (unpaired) electrons. The zero-order valence-electron chi connectivity index (χ0n) is 12.7. The number of hydrogen-bond donors (Lipinski definition) is 2. The molecule has 0 aromatic heterocycles. The summed E-state index contributed by atoms with van der Waals surface area (Å²) in [4.78, 5) is 24.2. The number of urea groups is 1. The minimum Gasteiger partial charge on any atom is -0.481 e. The highest BCUT2D eigenvalue weighted by Gasteiger charge is 2.25. The number of nitrogens with zero attached hydrogens (tertiary/aromatic N) is 1. The molecule has 1 fully saturated rings. The molecule has 0 bridgehead atoms. The molecule has 0 saturated heterocycles. The molecule has 1 saturated carbocycles. The summed E-state index contributed by atoms with van der Waals surface area (Å²) in [5, 5.41) is 11.4. The molecule has 5 nitrogen and oxygen atoms in total. The Hall–Kier alpha value is -1.26. The third-order valence-corrected chi connectivity index (χ3v) is 4.36. The molecular formula is C15H28N2O3. The Labute approximate surface area is 121 Å². The van der Waals surface area contributed by atoms with Crippen LogP contribution in [0.25, 0.3) is 0 Å². The van der Waals surface area contributed by atoms with Crippen LogP contribution in [0.15, 0.2) is 0 Å². The summed E-state index contributed by atoms with van der Waals surface area (Å²) in [6.07, 6.45) is 7.38. The van der Waals surface area contributed by atoms with E-state index in [0.717, 1.165) is 18.8 Å². The van der Waals surface area contributed by atoms with E-state index in [0.29, 0.717) is 25.4 Å². The van der Waals surface area contributed by atoms with Gasteiger partial charge in [-0.3, -0.25) is 4.79 Å². The summed E-state index contributed by atoms with van der Waals surface area (Å²) >= 11 is 0. The predicted molar refractivity (Wildman–Crippen MR) is 78.7 cm³/mol. The molecule has 0 spiro atoms. The standard InChI is InChI=1S/C15H28N2O3/c1-3-12-7-9-13(10-8-12)17(2)15(20)16-11-5-4-6-14(18)19/h12-13H,3-11H2,1-2H3,(H,16,20)(H,18,19). The van der Waals surface area contributed by atoms with Crippen LogP contribution in [0.3, 0.4) is 0 Å².